The summed E-state index contributed by atoms with van der Waals surface area (Å²) in [5.74, 6) is -1.62. The molecule has 0 spiro atoms. The Kier molecular flexibility index (Phi) is 5.78. The van der Waals surface area contributed by atoms with Crippen molar-refractivity contribution >= 4 is 5.91 Å². The molecule has 0 saturated carbocycles. The Morgan fingerprint density at radius 2 is 1.62 bits per heavy atom. The maximum atomic E-state index is 12.2. The summed E-state index contributed by atoms with van der Waals surface area (Å²) in [7, 11) is 0. The standard InChI is InChI=1S/C15H20F3NO2/c1-9(2)8-13(20)12-6-4-11(5-7-12)10(3)19-14(21)15(16,17)18/h4-7,9-10,13,20H,8H2,1-3H3,(H,19,21). The van der Waals surface area contributed by atoms with Crippen LogP contribution in [0.2, 0.25) is 0 Å². The van der Waals surface area contributed by atoms with Crippen molar-refractivity contribution in [2.45, 2.75) is 45.5 Å². The molecular weight excluding hydrogens is 283 g/mol. The van der Waals surface area contributed by atoms with Gasteiger partial charge in [-0.2, -0.15) is 13.2 Å². The molecule has 2 atom stereocenters. The number of carbonyl (C=O) groups excluding carboxylic acids is 1. The third-order valence-corrected chi connectivity index (χ3v) is 3.12. The van der Waals surface area contributed by atoms with Gasteiger partial charge < -0.3 is 10.4 Å². The Hall–Kier alpha value is -1.56. The predicted molar refractivity (Wildman–Crippen MR) is 73.5 cm³/mol. The van der Waals surface area contributed by atoms with Gasteiger partial charge in [0, 0.05) is 0 Å². The lowest BCUT2D eigenvalue weighted by molar-refractivity contribution is -0.174. The van der Waals surface area contributed by atoms with Crippen LogP contribution in [0.15, 0.2) is 24.3 Å². The fourth-order valence-corrected chi connectivity index (χ4v) is 1.95. The van der Waals surface area contributed by atoms with Crippen LogP contribution in [-0.4, -0.2) is 17.2 Å². The smallest absolute Gasteiger partial charge is 0.388 e. The zero-order valence-electron chi connectivity index (χ0n) is 12.2. The first-order chi connectivity index (χ1) is 9.61. The highest BCUT2D eigenvalue weighted by Crippen LogP contribution is 2.23. The van der Waals surface area contributed by atoms with Gasteiger partial charge in [0.05, 0.1) is 12.1 Å². The van der Waals surface area contributed by atoms with Crippen molar-refractivity contribution in [3.8, 4) is 0 Å². The van der Waals surface area contributed by atoms with Gasteiger partial charge in [-0.15, -0.1) is 0 Å². The summed E-state index contributed by atoms with van der Waals surface area (Å²) in [4.78, 5) is 10.9. The Balaban J connectivity index is 2.71. The van der Waals surface area contributed by atoms with E-state index in [-0.39, 0.29) is 0 Å². The van der Waals surface area contributed by atoms with E-state index in [4.69, 9.17) is 0 Å². The average molecular weight is 303 g/mol. The van der Waals surface area contributed by atoms with Crippen molar-refractivity contribution in [1.29, 1.82) is 0 Å². The van der Waals surface area contributed by atoms with Gasteiger partial charge in [0.25, 0.3) is 0 Å². The van der Waals surface area contributed by atoms with Crippen molar-refractivity contribution in [2.75, 3.05) is 0 Å². The van der Waals surface area contributed by atoms with E-state index in [2.05, 4.69) is 0 Å². The van der Waals surface area contributed by atoms with E-state index >= 15 is 0 Å². The number of hydrogen-bond acceptors (Lipinski definition) is 2. The number of benzene rings is 1. The molecule has 3 nitrogen and oxygen atoms in total. The molecule has 1 rings (SSSR count). The first kappa shape index (κ1) is 17.5. The lowest BCUT2D eigenvalue weighted by atomic mass is 9.97. The second-order valence-electron chi connectivity index (χ2n) is 5.50. The lowest BCUT2D eigenvalue weighted by Gasteiger charge is -2.17. The maximum Gasteiger partial charge on any atom is 0.471 e. The van der Waals surface area contributed by atoms with Gasteiger partial charge in [-0.05, 0) is 30.4 Å². The van der Waals surface area contributed by atoms with Crippen molar-refractivity contribution in [2.24, 2.45) is 5.92 Å². The maximum absolute atomic E-state index is 12.2. The van der Waals surface area contributed by atoms with Crippen LogP contribution in [0.5, 0.6) is 0 Å². The van der Waals surface area contributed by atoms with Crippen LogP contribution < -0.4 is 5.32 Å². The zero-order chi connectivity index (χ0) is 16.2. The topological polar surface area (TPSA) is 49.3 Å². The van der Waals surface area contributed by atoms with Gasteiger partial charge in [-0.25, -0.2) is 0 Å². The van der Waals surface area contributed by atoms with Crippen molar-refractivity contribution in [3.63, 3.8) is 0 Å². The highest BCUT2D eigenvalue weighted by atomic mass is 19.4. The predicted octanol–water partition coefficient (Wildman–Crippen LogP) is 3.51. The molecule has 0 aliphatic carbocycles. The van der Waals surface area contributed by atoms with Gasteiger partial charge in [-0.3, -0.25) is 4.79 Å². The number of aliphatic hydroxyl groups excluding tert-OH is 1. The monoisotopic (exact) mass is 303 g/mol. The molecule has 0 saturated heterocycles. The van der Waals surface area contributed by atoms with Gasteiger partial charge in [-0.1, -0.05) is 38.1 Å². The number of nitrogens with one attached hydrogen (secondary N) is 1. The summed E-state index contributed by atoms with van der Waals surface area (Å²) in [6, 6.07) is 5.80. The molecule has 1 aromatic rings. The lowest BCUT2D eigenvalue weighted by Crippen LogP contribution is -2.38. The first-order valence-corrected chi connectivity index (χ1v) is 6.77. The molecule has 0 heterocycles. The van der Waals surface area contributed by atoms with E-state index in [1.54, 1.807) is 24.3 Å². The van der Waals surface area contributed by atoms with E-state index < -0.39 is 24.2 Å². The molecule has 0 aliphatic heterocycles. The van der Waals surface area contributed by atoms with Gasteiger partial charge in [0.2, 0.25) is 0 Å². The van der Waals surface area contributed by atoms with Crippen molar-refractivity contribution in [3.05, 3.63) is 35.4 Å². The van der Waals surface area contributed by atoms with E-state index in [1.807, 2.05) is 19.2 Å². The highest BCUT2D eigenvalue weighted by Gasteiger charge is 2.39. The summed E-state index contributed by atoms with van der Waals surface area (Å²) in [6.07, 6.45) is -4.87. The second kappa shape index (κ2) is 6.93. The minimum absolute atomic E-state index is 0.338. The molecule has 2 N–H and O–H groups in total. The van der Waals surface area contributed by atoms with Crippen LogP contribution >= 0.6 is 0 Å². The Labute approximate surface area is 122 Å². The fraction of sp³-hybridized carbons (Fsp3) is 0.533. The number of halogens is 3. The molecule has 0 bridgehead atoms. The van der Waals surface area contributed by atoms with Crippen LogP contribution in [0.1, 0.15) is 50.5 Å². The molecule has 0 aromatic heterocycles. The molecule has 0 aliphatic rings. The summed E-state index contributed by atoms with van der Waals surface area (Å²) >= 11 is 0. The molecule has 2 unspecified atom stereocenters. The summed E-state index contributed by atoms with van der Waals surface area (Å²) < 4.78 is 36.5. The van der Waals surface area contributed by atoms with Crippen LogP contribution in [0.25, 0.3) is 0 Å². The highest BCUT2D eigenvalue weighted by molar-refractivity contribution is 5.82. The number of aliphatic hydroxyl groups is 1. The Morgan fingerprint density at radius 3 is 2.05 bits per heavy atom. The minimum Gasteiger partial charge on any atom is -0.388 e. The van der Waals surface area contributed by atoms with Crippen LogP contribution in [-0.2, 0) is 4.79 Å². The van der Waals surface area contributed by atoms with Crippen LogP contribution in [0, 0.1) is 5.92 Å². The molecule has 6 heteroatoms. The second-order valence-corrected chi connectivity index (χ2v) is 5.50. The minimum atomic E-state index is -4.89. The number of alkyl halides is 3. The summed E-state index contributed by atoms with van der Waals surface area (Å²) in [5.41, 5.74) is 1.26. The Bertz CT molecular complexity index is 469. The molecular formula is C15H20F3NO2. The van der Waals surface area contributed by atoms with E-state index in [9.17, 15) is 23.1 Å². The van der Waals surface area contributed by atoms with Gasteiger partial charge in [0.15, 0.2) is 0 Å². The number of hydrogen-bond donors (Lipinski definition) is 2. The third-order valence-electron chi connectivity index (χ3n) is 3.12. The fourth-order valence-electron chi connectivity index (χ4n) is 1.95. The molecule has 21 heavy (non-hydrogen) atoms. The van der Waals surface area contributed by atoms with Crippen LogP contribution in [0.4, 0.5) is 13.2 Å². The normalized spacial score (nSPS) is 14.9. The number of amides is 1. The number of rotatable bonds is 5. The zero-order valence-corrected chi connectivity index (χ0v) is 12.2. The molecule has 1 aromatic carbocycles. The molecule has 1 amide bonds. The SMILES string of the molecule is CC(C)CC(O)c1ccc(C(C)NC(=O)C(F)(F)F)cc1. The first-order valence-electron chi connectivity index (χ1n) is 6.77. The molecule has 0 radical (unpaired) electrons. The van der Waals surface area contributed by atoms with Gasteiger partial charge >= 0.3 is 12.1 Å². The van der Waals surface area contributed by atoms with E-state index in [1.165, 1.54) is 6.92 Å². The molecule has 0 fully saturated rings. The third kappa shape index (κ3) is 5.38. The summed E-state index contributed by atoms with van der Waals surface area (Å²) in [6.45, 7) is 5.46. The Morgan fingerprint density at radius 1 is 1.14 bits per heavy atom. The quantitative estimate of drug-likeness (QED) is 0.874. The number of carbonyl (C=O) groups is 1. The largest absolute Gasteiger partial charge is 0.471 e. The van der Waals surface area contributed by atoms with Gasteiger partial charge in [0.1, 0.15) is 0 Å². The molecule has 118 valence electrons. The average Bonchev–Trinajstić information content (AvgIpc) is 2.36. The summed E-state index contributed by atoms with van der Waals surface area (Å²) in [5, 5.41) is 11.8. The van der Waals surface area contributed by atoms with Crippen molar-refractivity contribution in [1.82, 2.24) is 5.32 Å². The van der Waals surface area contributed by atoms with Crippen LogP contribution in [0.3, 0.4) is 0 Å². The van der Waals surface area contributed by atoms with Crippen molar-refractivity contribution < 1.29 is 23.1 Å². The van der Waals surface area contributed by atoms with E-state index in [0.717, 1.165) is 0 Å². The van der Waals surface area contributed by atoms with E-state index in [0.29, 0.717) is 23.5 Å².